The summed E-state index contributed by atoms with van der Waals surface area (Å²) in [5, 5.41) is 22.4. The molecule has 140 valence electrons. The monoisotopic (exact) mass is 367 g/mol. The molecule has 8 heteroatoms. The van der Waals surface area contributed by atoms with Crippen LogP contribution in [0.25, 0.3) is 11.0 Å². The van der Waals surface area contributed by atoms with Crippen molar-refractivity contribution < 1.29 is 14.7 Å². The molecule has 3 aromatic rings. The minimum Gasteiger partial charge on any atom is -0.465 e. The summed E-state index contributed by atoms with van der Waals surface area (Å²) in [6.45, 7) is 1.96. The quantitative estimate of drug-likeness (QED) is 0.590. The summed E-state index contributed by atoms with van der Waals surface area (Å²) in [6.07, 6.45) is -0.623. The number of hydrogen-bond donors (Lipinski definition) is 3. The van der Waals surface area contributed by atoms with Gasteiger partial charge in [-0.1, -0.05) is 47.7 Å². The molecule has 1 aromatic heterocycles. The van der Waals surface area contributed by atoms with E-state index in [0.29, 0.717) is 18.5 Å². The molecule has 0 spiro atoms. The Morgan fingerprint density at radius 1 is 1.11 bits per heavy atom. The first-order valence-electron chi connectivity index (χ1n) is 8.59. The number of fused-ring (bicyclic) bond motifs is 1. The Kier molecular flexibility index (Phi) is 5.35. The molecule has 0 aliphatic rings. The Bertz CT molecular complexity index is 941. The van der Waals surface area contributed by atoms with Gasteiger partial charge in [-0.2, -0.15) is 0 Å². The summed E-state index contributed by atoms with van der Waals surface area (Å²) in [5.41, 5.74) is 1.11. The van der Waals surface area contributed by atoms with Crippen LogP contribution in [-0.4, -0.2) is 44.2 Å². The van der Waals surface area contributed by atoms with Crippen LogP contribution in [0.3, 0.4) is 0 Å². The lowest BCUT2D eigenvalue weighted by Crippen LogP contribution is -2.59. The van der Waals surface area contributed by atoms with Crippen molar-refractivity contribution in [2.45, 2.75) is 25.4 Å². The summed E-state index contributed by atoms with van der Waals surface area (Å²) in [5.74, 6) is -0.416. The molecular weight excluding hydrogens is 346 g/mol. The summed E-state index contributed by atoms with van der Waals surface area (Å²) in [4.78, 5) is 24.0. The molecule has 0 fully saturated rings. The third kappa shape index (κ3) is 4.41. The van der Waals surface area contributed by atoms with Gasteiger partial charge in [0.1, 0.15) is 11.1 Å². The van der Waals surface area contributed by atoms with E-state index in [1.54, 1.807) is 6.07 Å². The molecule has 3 N–H and O–H groups in total. The molecule has 1 unspecified atom stereocenters. The zero-order valence-corrected chi connectivity index (χ0v) is 14.9. The van der Waals surface area contributed by atoms with Crippen molar-refractivity contribution in [1.82, 2.24) is 25.6 Å². The van der Waals surface area contributed by atoms with Crippen LogP contribution in [0.15, 0.2) is 54.6 Å². The fourth-order valence-corrected chi connectivity index (χ4v) is 2.90. The standard InChI is InChI=1S/C19H21N5O3/c1-19(21-18(26)27,13-24-16-10-6-5-9-15(16)22-23-24)17(25)20-12-11-14-7-3-2-4-8-14/h2-10,21H,11-13H2,1H3,(H,20,25)(H,26,27). The SMILES string of the molecule is CC(Cn1nnc2ccccc21)(NC(=O)O)C(=O)NCCc1ccccc1. The normalized spacial score (nSPS) is 13.1. The van der Waals surface area contributed by atoms with E-state index in [1.165, 1.54) is 11.6 Å². The van der Waals surface area contributed by atoms with Gasteiger partial charge in [-0.15, -0.1) is 5.10 Å². The molecule has 0 aliphatic heterocycles. The number of rotatable bonds is 7. The average Bonchev–Trinajstić information content (AvgIpc) is 3.04. The number of amides is 2. The van der Waals surface area contributed by atoms with Gasteiger partial charge in [0.05, 0.1) is 12.1 Å². The van der Waals surface area contributed by atoms with Crippen molar-refractivity contribution in [2.75, 3.05) is 6.54 Å². The lowest BCUT2D eigenvalue weighted by atomic mass is 10.0. The van der Waals surface area contributed by atoms with Crippen LogP contribution in [0, 0.1) is 0 Å². The van der Waals surface area contributed by atoms with Gasteiger partial charge in [0.15, 0.2) is 0 Å². The van der Waals surface area contributed by atoms with Crippen LogP contribution in [0.5, 0.6) is 0 Å². The van der Waals surface area contributed by atoms with E-state index in [0.717, 1.165) is 11.1 Å². The van der Waals surface area contributed by atoms with E-state index < -0.39 is 17.5 Å². The first-order chi connectivity index (χ1) is 13.0. The number of benzene rings is 2. The van der Waals surface area contributed by atoms with E-state index in [2.05, 4.69) is 20.9 Å². The Morgan fingerprint density at radius 3 is 2.56 bits per heavy atom. The maximum absolute atomic E-state index is 12.8. The Hall–Kier alpha value is -3.42. The molecule has 0 bridgehead atoms. The zero-order chi connectivity index (χ0) is 19.3. The largest absolute Gasteiger partial charge is 0.465 e. The lowest BCUT2D eigenvalue weighted by Gasteiger charge is -2.28. The first kappa shape index (κ1) is 18.4. The number of hydrogen-bond acceptors (Lipinski definition) is 4. The fourth-order valence-electron chi connectivity index (χ4n) is 2.90. The van der Waals surface area contributed by atoms with Crippen LogP contribution in [0.2, 0.25) is 0 Å². The highest BCUT2D eigenvalue weighted by atomic mass is 16.4. The molecule has 2 amide bonds. The number of nitrogens with one attached hydrogen (secondary N) is 2. The maximum atomic E-state index is 12.8. The molecule has 1 atom stereocenters. The van der Waals surface area contributed by atoms with E-state index >= 15 is 0 Å². The third-order valence-corrected chi connectivity index (χ3v) is 4.31. The second-order valence-electron chi connectivity index (χ2n) is 6.49. The molecule has 0 radical (unpaired) electrons. The zero-order valence-electron chi connectivity index (χ0n) is 14.9. The summed E-state index contributed by atoms with van der Waals surface area (Å²) >= 11 is 0. The fraction of sp³-hybridized carbons (Fsp3) is 0.263. The third-order valence-electron chi connectivity index (χ3n) is 4.31. The van der Waals surface area contributed by atoms with E-state index in [9.17, 15) is 14.7 Å². The van der Waals surface area contributed by atoms with E-state index in [1.807, 2.05) is 48.5 Å². The van der Waals surface area contributed by atoms with Gasteiger partial charge in [-0.3, -0.25) is 4.79 Å². The Morgan fingerprint density at radius 2 is 1.81 bits per heavy atom. The predicted molar refractivity (Wildman–Crippen MR) is 100 cm³/mol. The Labute approximate surface area is 156 Å². The van der Waals surface area contributed by atoms with E-state index in [4.69, 9.17) is 0 Å². The molecule has 1 heterocycles. The highest BCUT2D eigenvalue weighted by molar-refractivity contribution is 5.89. The highest BCUT2D eigenvalue weighted by Gasteiger charge is 2.36. The smallest absolute Gasteiger partial charge is 0.405 e. The highest BCUT2D eigenvalue weighted by Crippen LogP contribution is 2.15. The average molecular weight is 367 g/mol. The van der Waals surface area contributed by atoms with Crippen LogP contribution in [0.4, 0.5) is 4.79 Å². The van der Waals surface area contributed by atoms with E-state index in [-0.39, 0.29) is 6.54 Å². The van der Waals surface area contributed by atoms with Gasteiger partial charge in [-0.05, 0) is 31.0 Å². The summed E-state index contributed by atoms with van der Waals surface area (Å²) in [6, 6.07) is 17.1. The molecule has 0 saturated heterocycles. The number of carbonyl (C=O) groups is 2. The van der Waals surface area contributed by atoms with Gasteiger partial charge in [0, 0.05) is 6.54 Å². The summed E-state index contributed by atoms with van der Waals surface area (Å²) < 4.78 is 1.53. The molecule has 3 rings (SSSR count). The van der Waals surface area contributed by atoms with Crippen LogP contribution < -0.4 is 10.6 Å². The Balaban J connectivity index is 1.73. The predicted octanol–water partition coefficient (Wildman–Crippen LogP) is 1.82. The lowest BCUT2D eigenvalue weighted by molar-refractivity contribution is -0.127. The van der Waals surface area contributed by atoms with Crippen molar-refractivity contribution >= 4 is 23.0 Å². The van der Waals surface area contributed by atoms with Crippen molar-refractivity contribution in [1.29, 1.82) is 0 Å². The van der Waals surface area contributed by atoms with Crippen molar-refractivity contribution in [3.05, 3.63) is 60.2 Å². The molecule has 0 saturated carbocycles. The van der Waals surface area contributed by atoms with Gasteiger partial charge < -0.3 is 15.7 Å². The molecule has 0 aliphatic carbocycles. The summed E-state index contributed by atoms with van der Waals surface area (Å²) in [7, 11) is 0. The van der Waals surface area contributed by atoms with Gasteiger partial charge in [-0.25, -0.2) is 9.48 Å². The molecule has 27 heavy (non-hydrogen) atoms. The number of carboxylic acid groups (broad SMARTS) is 1. The second-order valence-corrected chi connectivity index (χ2v) is 6.49. The van der Waals surface area contributed by atoms with Gasteiger partial charge in [0.25, 0.3) is 0 Å². The molecule has 8 nitrogen and oxygen atoms in total. The maximum Gasteiger partial charge on any atom is 0.405 e. The minimum atomic E-state index is -1.39. The second kappa shape index (κ2) is 7.86. The van der Waals surface area contributed by atoms with Crippen molar-refractivity contribution in [3.63, 3.8) is 0 Å². The number of carbonyl (C=O) groups excluding carboxylic acids is 1. The topological polar surface area (TPSA) is 109 Å². The van der Waals surface area contributed by atoms with Gasteiger partial charge in [0.2, 0.25) is 5.91 Å². The molecular formula is C19H21N5O3. The van der Waals surface area contributed by atoms with Crippen LogP contribution >= 0.6 is 0 Å². The first-order valence-corrected chi connectivity index (χ1v) is 8.59. The molecule has 2 aromatic carbocycles. The number of aromatic nitrogens is 3. The van der Waals surface area contributed by atoms with Crippen molar-refractivity contribution in [3.8, 4) is 0 Å². The van der Waals surface area contributed by atoms with Crippen LogP contribution in [0.1, 0.15) is 12.5 Å². The van der Waals surface area contributed by atoms with Gasteiger partial charge >= 0.3 is 6.09 Å². The number of nitrogens with zero attached hydrogens (tertiary/aromatic N) is 3. The minimum absolute atomic E-state index is 0.0248. The van der Waals surface area contributed by atoms with Crippen molar-refractivity contribution in [2.24, 2.45) is 0 Å². The van der Waals surface area contributed by atoms with Crippen LogP contribution in [-0.2, 0) is 17.8 Å². The number of para-hydroxylation sites is 1.